The molecule has 0 spiro atoms. The Kier molecular flexibility index (Phi) is 2.36. The number of nitrogens with one attached hydrogen (secondary N) is 1. The first kappa shape index (κ1) is 11.6. The Labute approximate surface area is 116 Å². The molecule has 0 aromatic carbocycles. The molecule has 1 N–H and O–H groups in total. The Morgan fingerprint density at radius 2 is 2.17 bits per heavy atom. The van der Waals surface area contributed by atoms with Gasteiger partial charge in [-0.25, -0.2) is 0 Å². The van der Waals surface area contributed by atoms with Gasteiger partial charge in [0.2, 0.25) is 0 Å². The third-order valence-corrected chi connectivity index (χ3v) is 8.48. The maximum atomic E-state index is 11.7. The van der Waals surface area contributed by atoms with E-state index >= 15 is 0 Å². The molecule has 0 radical (unpaired) electrons. The van der Waals surface area contributed by atoms with Crippen molar-refractivity contribution in [1.82, 2.24) is 4.98 Å². The molecule has 2 nitrogen and oxygen atoms in total. The van der Waals surface area contributed by atoms with Crippen LogP contribution in [0, 0.1) is 17.8 Å². The summed E-state index contributed by atoms with van der Waals surface area (Å²) >= 11 is 3.45. The second-order valence-electron chi connectivity index (χ2n) is 6.39. The number of aromatic nitrogens is 1. The quantitative estimate of drug-likeness (QED) is 0.852. The summed E-state index contributed by atoms with van der Waals surface area (Å²) in [7, 11) is 0. The van der Waals surface area contributed by atoms with Gasteiger partial charge in [-0.3, -0.25) is 4.79 Å². The van der Waals surface area contributed by atoms with Crippen molar-refractivity contribution >= 4 is 23.1 Å². The molecule has 1 aromatic heterocycles. The number of thioether (sulfide) groups is 1. The fourth-order valence-corrected chi connectivity index (χ4v) is 7.95. The van der Waals surface area contributed by atoms with E-state index in [-0.39, 0.29) is 10.3 Å². The van der Waals surface area contributed by atoms with Crippen molar-refractivity contribution in [3.63, 3.8) is 0 Å². The second kappa shape index (κ2) is 3.66. The van der Waals surface area contributed by atoms with Crippen LogP contribution in [-0.4, -0.2) is 10.2 Å². The normalized spacial score (nSPS) is 45.0. The highest BCUT2D eigenvalue weighted by atomic mass is 32.2. The highest BCUT2D eigenvalue weighted by molar-refractivity contribution is 8.00. The van der Waals surface area contributed by atoms with Gasteiger partial charge in [-0.2, -0.15) is 0 Å². The molecule has 5 atom stereocenters. The summed E-state index contributed by atoms with van der Waals surface area (Å²) in [4.78, 5) is 16.3. The first-order chi connectivity index (χ1) is 8.63. The SMILES string of the molecule is CC[C@@]1(C)c2sc(=O)[nH]c2S[C@@H]2[C@H]3CC[C@H](C3)[C@H]21. The van der Waals surface area contributed by atoms with E-state index in [2.05, 4.69) is 18.8 Å². The molecule has 2 aliphatic carbocycles. The average Bonchev–Trinajstić information content (AvgIpc) is 3.02. The van der Waals surface area contributed by atoms with Gasteiger partial charge in [0.05, 0.1) is 5.03 Å². The van der Waals surface area contributed by atoms with Crippen LogP contribution in [0.25, 0.3) is 0 Å². The molecule has 2 saturated carbocycles. The molecule has 1 aromatic rings. The monoisotopic (exact) mass is 281 g/mol. The molecule has 98 valence electrons. The van der Waals surface area contributed by atoms with E-state index in [4.69, 9.17) is 0 Å². The van der Waals surface area contributed by atoms with Crippen LogP contribution >= 0.6 is 23.1 Å². The topological polar surface area (TPSA) is 32.9 Å². The minimum atomic E-state index is 0.138. The summed E-state index contributed by atoms with van der Waals surface area (Å²) in [5, 5.41) is 1.97. The molecule has 0 amide bonds. The van der Waals surface area contributed by atoms with Gasteiger partial charge in [0, 0.05) is 15.5 Å². The Bertz CT molecular complexity index is 548. The van der Waals surface area contributed by atoms with Crippen LogP contribution in [0.2, 0.25) is 0 Å². The van der Waals surface area contributed by atoms with Crippen LogP contribution in [0.5, 0.6) is 0 Å². The lowest BCUT2D eigenvalue weighted by molar-refractivity contribution is 0.195. The molecule has 2 heterocycles. The maximum absolute atomic E-state index is 11.7. The maximum Gasteiger partial charge on any atom is 0.305 e. The van der Waals surface area contributed by atoms with Crippen molar-refractivity contribution in [1.29, 1.82) is 0 Å². The highest BCUT2D eigenvalue weighted by Crippen LogP contribution is 2.64. The van der Waals surface area contributed by atoms with Gasteiger partial charge in [0.25, 0.3) is 0 Å². The number of thiazole rings is 1. The number of aromatic amines is 1. The van der Waals surface area contributed by atoms with Crippen molar-refractivity contribution < 1.29 is 0 Å². The minimum absolute atomic E-state index is 0.138. The fourth-order valence-electron chi connectivity index (χ4n) is 4.75. The van der Waals surface area contributed by atoms with Crippen molar-refractivity contribution in [2.45, 2.75) is 55.2 Å². The molecule has 4 rings (SSSR count). The van der Waals surface area contributed by atoms with Crippen LogP contribution in [0.3, 0.4) is 0 Å². The summed E-state index contributed by atoms with van der Waals surface area (Å²) in [6.07, 6.45) is 5.45. The van der Waals surface area contributed by atoms with Crippen LogP contribution in [0.1, 0.15) is 44.4 Å². The van der Waals surface area contributed by atoms with E-state index in [1.54, 1.807) is 0 Å². The van der Waals surface area contributed by atoms with Crippen molar-refractivity contribution in [2.24, 2.45) is 17.8 Å². The first-order valence-electron chi connectivity index (χ1n) is 7.03. The highest BCUT2D eigenvalue weighted by Gasteiger charge is 2.58. The van der Waals surface area contributed by atoms with Gasteiger partial charge in [-0.15, -0.1) is 11.8 Å². The van der Waals surface area contributed by atoms with Gasteiger partial charge >= 0.3 is 4.87 Å². The molecule has 18 heavy (non-hydrogen) atoms. The molecule has 1 aliphatic heterocycles. The molecule has 2 bridgehead atoms. The fraction of sp³-hybridized carbons (Fsp3) is 0.786. The van der Waals surface area contributed by atoms with Crippen molar-refractivity contribution in [2.75, 3.05) is 0 Å². The Morgan fingerprint density at radius 1 is 1.39 bits per heavy atom. The van der Waals surface area contributed by atoms with E-state index in [1.807, 2.05) is 11.8 Å². The zero-order chi connectivity index (χ0) is 12.5. The lowest BCUT2D eigenvalue weighted by atomic mass is 9.66. The molecule has 3 aliphatic rings. The summed E-state index contributed by atoms with van der Waals surface area (Å²) in [6, 6.07) is 0. The standard InChI is InChI=1S/C14H19NOS2/c1-3-14(2)9-7-4-5-8(6-7)10(9)17-12-11(14)18-13(16)15-12/h7-10H,3-6H2,1-2H3,(H,15,16)/t7-,8+,9-,10-,14-/m1/s1. The second-order valence-corrected chi connectivity index (χ2v) is 8.56. The zero-order valence-corrected chi connectivity index (χ0v) is 12.5. The van der Waals surface area contributed by atoms with Crippen LogP contribution in [0.4, 0.5) is 0 Å². The lowest BCUT2D eigenvalue weighted by Crippen LogP contribution is -2.44. The molecule has 0 saturated heterocycles. The van der Waals surface area contributed by atoms with E-state index in [9.17, 15) is 4.79 Å². The summed E-state index contributed by atoms with van der Waals surface area (Å²) in [5.74, 6) is 2.64. The number of hydrogen-bond acceptors (Lipinski definition) is 3. The van der Waals surface area contributed by atoms with E-state index in [0.717, 1.165) is 23.0 Å². The van der Waals surface area contributed by atoms with Gasteiger partial charge in [0.1, 0.15) is 0 Å². The molecule has 4 heteroatoms. The van der Waals surface area contributed by atoms with Crippen LogP contribution in [-0.2, 0) is 5.41 Å². The molecular formula is C14H19NOS2. The van der Waals surface area contributed by atoms with Gasteiger partial charge in [0.15, 0.2) is 0 Å². The summed E-state index contributed by atoms with van der Waals surface area (Å²) in [6.45, 7) is 4.71. The van der Waals surface area contributed by atoms with Gasteiger partial charge in [-0.1, -0.05) is 25.2 Å². The summed E-state index contributed by atoms with van der Waals surface area (Å²) in [5.41, 5.74) is 0.245. The van der Waals surface area contributed by atoms with Crippen LogP contribution in [0.15, 0.2) is 9.82 Å². The molecular weight excluding hydrogens is 262 g/mol. The zero-order valence-electron chi connectivity index (χ0n) is 10.9. The van der Waals surface area contributed by atoms with Gasteiger partial charge < -0.3 is 4.98 Å². The smallest absolute Gasteiger partial charge is 0.305 e. The molecule has 2 fully saturated rings. The Balaban J connectivity index is 1.89. The van der Waals surface area contributed by atoms with Crippen LogP contribution < -0.4 is 4.87 Å². The van der Waals surface area contributed by atoms with E-state index < -0.39 is 0 Å². The predicted molar refractivity (Wildman–Crippen MR) is 76.5 cm³/mol. The number of rotatable bonds is 1. The first-order valence-corrected chi connectivity index (χ1v) is 8.73. The lowest BCUT2D eigenvalue weighted by Gasteiger charge is -2.46. The number of fused-ring (bicyclic) bond motifs is 6. The van der Waals surface area contributed by atoms with Crippen molar-refractivity contribution in [3.8, 4) is 0 Å². The van der Waals surface area contributed by atoms with Crippen molar-refractivity contribution in [3.05, 3.63) is 14.5 Å². The minimum Gasteiger partial charge on any atom is -0.307 e. The predicted octanol–water partition coefficient (Wildman–Crippen LogP) is 3.62. The van der Waals surface area contributed by atoms with E-state index in [0.29, 0.717) is 0 Å². The third-order valence-electron chi connectivity index (χ3n) is 5.70. The third kappa shape index (κ3) is 1.29. The summed E-state index contributed by atoms with van der Waals surface area (Å²) < 4.78 is 0. The Hall–Kier alpha value is -0.220. The van der Waals surface area contributed by atoms with Gasteiger partial charge in [-0.05, 0) is 43.4 Å². The largest absolute Gasteiger partial charge is 0.307 e. The number of H-pyrrole nitrogens is 1. The average molecular weight is 281 g/mol. The number of hydrogen-bond donors (Lipinski definition) is 1. The van der Waals surface area contributed by atoms with E-state index in [1.165, 1.54) is 46.9 Å². The molecule has 0 unspecified atom stereocenters. The Morgan fingerprint density at radius 3 is 2.94 bits per heavy atom.